The van der Waals surface area contributed by atoms with Gasteiger partial charge in [-0.15, -0.1) is 0 Å². The Bertz CT molecular complexity index is 819. The van der Waals surface area contributed by atoms with Crippen LogP contribution in [0.3, 0.4) is 0 Å². The number of halogens is 3. The van der Waals surface area contributed by atoms with Crippen molar-refractivity contribution in [1.29, 1.82) is 0 Å². The predicted octanol–water partition coefficient (Wildman–Crippen LogP) is 1.56. The molecule has 0 bridgehead atoms. The average molecular weight is 336 g/mol. The lowest BCUT2D eigenvalue weighted by atomic mass is 10.1. The number of alkyl halides is 3. The zero-order chi connectivity index (χ0) is 17.6. The molecule has 2 aliphatic rings. The first-order chi connectivity index (χ1) is 11.2. The van der Waals surface area contributed by atoms with Crippen molar-refractivity contribution in [2.45, 2.75) is 6.18 Å². The zero-order valence-corrected chi connectivity index (χ0v) is 11.7. The van der Waals surface area contributed by atoms with E-state index >= 15 is 0 Å². The van der Waals surface area contributed by atoms with Crippen LogP contribution in [0.4, 0.5) is 24.5 Å². The Morgan fingerprint density at radius 3 is 1.62 bits per heavy atom. The van der Waals surface area contributed by atoms with Crippen LogP contribution < -0.4 is 9.80 Å². The summed E-state index contributed by atoms with van der Waals surface area (Å²) in [5.74, 6) is -3.73. The molecule has 2 aliphatic heterocycles. The van der Waals surface area contributed by atoms with Crippen molar-refractivity contribution in [1.82, 2.24) is 0 Å². The maximum atomic E-state index is 13.3. The highest BCUT2D eigenvalue weighted by Gasteiger charge is 2.42. The summed E-state index contributed by atoms with van der Waals surface area (Å²) in [5, 5.41) is 0. The molecule has 0 atom stereocenters. The van der Waals surface area contributed by atoms with Crippen LogP contribution in [0, 0.1) is 0 Å². The molecule has 0 aromatic heterocycles. The molecule has 2 heterocycles. The van der Waals surface area contributed by atoms with Gasteiger partial charge in [0, 0.05) is 24.3 Å². The van der Waals surface area contributed by atoms with Gasteiger partial charge < -0.3 is 0 Å². The molecule has 6 nitrogen and oxygen atoms in total. The lowest BCUT2D eigenvalue weighted by Gasteiger charge is -2.26. The molecule has 3 rings (SSSR count). The quantitative estimate of drug-likeness (QED) is 0.768. The summed E-state index contributed by atoms with van der Waals surface area (Å²) in [6.07, 6.45) is -1.51. The second-order valence-electron chi connectivity index (χ2n) is 4.86. The molecule has 0 radical (unpaired) electrons. The van der Waals surface area contributed by atoms with Gasteiger partial charge in [-0.3, -0.25) is 19.2 Å². The molecule has 122 valence electrons. The Morgan fingerprint density at radius 2 is 1.17 bits per heavy atom. The fraction of sp³-hybridized carbons (Fsp3) is 0.0667. The van der Waals surface area contributed by atoms with E-state index in [1.807, 2.05) is 0 Å². The minimum Gasteiger partial charge on any atom is -0.269 e. The Kier molecular flexibility index (Phi) is 3.36. The smallest absolute Gasteiger partial charge is 0.269 e. The third kappa shape index (κ3) is 2.30. The van der Waals surface area contributed by atoms with E-state index in [0.717, 1.165) is 36.4 Å². The SMILES string of the molecule is O=C1C=CC(=O)N1c1cccc(C(F)(F)F)c1N1C(=O)C=CC1=O. The molecule has 4 amide bonds. The summed E-state index contributed by atoms with van der Waals surface area (Å²) in [5.41, 5.74) is -2.65. The van der Waals surface area contributed by atoms with Crippen LogP contribution in [-0.2, 0) is 25.4 Å². The van der Waals surface area contributed by atoms with Gasteiger partial charge in [-0.1, -0.05) is 6.07 Å². The van der Waals surface area contributed by atoms with Crippen LogP contribution in [-0.4, -0.2) is 23.6 Å². The molecule has 0 fully saturated rings. The van der Waals surface area contributed by atoms with Gasteiger partial charge in [-0.2, -0.15) is 13.2 Å². The first-order valence-corrected chi connectivity index (χ1v) is 6.54. The molecule has 24 heavy (non-hydrogen) atoms. The van der Waals surface area contributed by atoms with Crippen molar-refractivity contribution in [2.24, 2.45) is 0 Å². The number of nitrogens with zero attached hydrogens (tertiary/aromatic N) is 2. The highest BCUT2D eigenvalue weighted by molar-refractivity contribution is 6.33. The van der Waals surface area contributed by atoms with Gasteiger partial charge in [0.15, 0.2) is 0 Å². The number of para-hydroxylation sites is 1. The summed E-state index contributed by atoms with van der Waals surface area (Å²) in [7, 11) is 0. The van der Waals surface area contributed by atoms with Crippen molar-refractivity contribution >= 4 is 35.0 Å². The Hall–Kier alpha value is -3.23. The number of benzene rings is 1. The minimum absolute atomic E-state index is 0.289. The summed E-state index contributed by atoms with van der Waals surface area (Å²) in [4.78, 5) is 48.1. The van der Waals surface area contributed by atoms with Crippen molar-refractivity contribution < 1.29 is 32.3 Å². The average Bonchev–Trinajstić information content (AvgIpc) is 3.00. The third-order valence-electron chi connectivity index (χ3n) is 3.40. The second-order valence-corrected chi connectivity index (χ2v) is 4.86. The topological polar surface area (TPSA) is 74.8 Å². The maximum Gasteiger partial charge on any atom is 0.418 e. The predicted molar refractivity (Wildman–Crippen MR) is 74.7 cm³/mol. The van der Waals surface area contributed by atoms with Crippen molar-refractivity contribution in [3.05, 3.63) is 48.1 Å². The second kappa shape index (κ2) is 5.15. The number of carbonyl (C=O) groups excluding carboxylic acids is 4. The lowest BCUT2D eigenvalue weighted by molar-refractivity contribution is -0.137. The molecular formula is C15H7F3N2O4. The van der Waals surface area contributed by atoms with Crippen LogP contribution in [0.5, 0.6) is 0 Å². The minimum atomic E-state index is -4.91. The Labute approximate surface area is 132 Å². The lowest BCUT2D eigenvalue weighted by Crippen LogP contribution is -2.36. The van der Waals surface area contributed by atoms with Crippen molar-refractivity contribution in [3.63, 3.8) is 0 Å². The molecule has 0 N–H and O–H groups in total. The van der Waals surface area contributed by atoms with E-state index in [-0.39, 0.29) is 4.90 Å². The van der Waals surface area contributed by atoms with Crippen molar-refractivity contribution in [2.75, 3.05) is 9.80 Å². The number of amides is 4. The van der Waals surface area contributed by atoms with E-state index in [0.29, 0.717) is 11.0 Å². The third-order valence-corrected chi connectivity index (χ3v) is 3.40. The number of anilines is 2. The van der Waals surface area contributed by atoms with Crippen LogP contribution in [0.25, 0.3) is 0 Å². The molecule has 1 aromatic rings. The highest BCUT2D eigenvalue weighted by Crippen LogP contribution is 2.43. The van der Waals surface area contributed by atoms with E-state index in [9.17, 15) is 32.3 Å². The maximum absolute atomic E-state index is 13.3. The van der Waals surface area contributed by atoms with Gasteiger partial charge in [0.2, 0.25) is 0 Å². The van der Waals surface area contributed by atoms with Crippen LogP contribution in [0.2, 0.25) is 0 Å². The first-order valence-electron chi connectivity index (χ1n) is 6.54. The molecule has 0 spiro atoms. The normalized spacial score (nSPS) is 17.6. The zero-order valence-electron chi connectivity index (χ0n) is 11.7. The standard InChI is InChI=1S/C15H7F3N2O4/c16-15(17,18)8-2-1-3-9(19-10(21)4-5-11(19)22)14(8)20-12(23)6-7-13(20)24/h1-7H. The molecule has 0 saturated carbocycles. The van der Waals surface area contributed by atoms with E-state index in [2.05, 4.69) is 0 Å². The first kappa shape index (κ1) is 15.7. The largest absolute Gasteiger partial charge is 0.418 e. The fourth-order valence-corrected chi connectivity index (χ4v) is 2.43. The molecule has 0 unspecified atom stereocenters. The van der Waals surface area contributed by atoms with E-state index in [1.165, 1.54) is 0 Å². The Balaban J connectivity index is 2.27. The van der Waals surface area contributed by atoms with Crippen LogP contribution >= 0.6 is 0 Å². The van der Waals surface area contributed by atoms with Crippen LogP contribution in [0.15, 0.2) is 42.5 Å². The van der Waals surface area contributed by atoms with Gasteiger partial charge >= 0.3 is 6.18 Å². The van der Waals surface area contributed by atoms with Gasteiger partial charge in [0.1, 0.15) is 0 Å². The summed E-state index contributed by atoms with van der Waals surface area (Å²) < 4.78 is 40.0. The van der Waals surface area contributed by atoms with E-state index in [4.69, 9.17) is 0 Å². The van der Waals surface area contributed by atoms with E-state index < -0.39 is 46.7 Å². The number of imide groups is 2. The molecule has 0 saturated heterocycles. The monoisotopic (exact) mass is 336 g/mol. The van der Waals surface area contributed by atoms with Crippen LogP contribution in [0.1, 0.15) is 5.56 Å². The number of hydrogen-bond acceptors (Lipinski definition) is 4. The Morgan fingerprint density at radius 1 is 0.708 bits per heavy atom. The van der Waals surface area contributed by atoms with Gasteiger partial charge in [-0.05, 0) is 12.1 Å². The van der Waals surface area contributed by atoms with Gasteiger partial charge in [0.25, 0.3) is 23.6 Å². The summed E-state index contributed by atoms with van der Waals surface area (Å²) >= 11 is 0. The number of carbonyl (C=O) groups is 4. The molecular weight excluding hydrogens is 329 g/mol. The summed E-state index contributed by atoms with van der Waals surface area (Å²) in [6.45, 7) is 0. The highest BCUT2D eigenvalue weighted by atomic mass is 19.4. The fourth-order valence-electron chi connectivity index (χ4n) is 2.43. The van der Waals surface area contributed by atoms with Gasteiger partial charge in [-0.25, -0.2) is 9.80 Å². The molecule has 9 heteroatoms. The number of hydrogen-bond donors (Lipinski definition) is 0. The number of rotatable bonds is 2. The molecule has 0 aliphatic carbocycles. The van der Waals surface area contributed by atoms with E-state index in [1.54, 1.807) is 0 Å². The van der Waals surface area contributed by atoms with Crippen molar-refractivity contribution in [3.8, 4) is 0 Å². The molecule has 1 aromatic carbocycles. The summed E-state index contributed by atoms with van der Waals surface area (Å²) in [6, 6.07) is 2.71. The van der Waals surface area contributed by atoms with Gasteiger partial charge in [0.05, 0.1) is 16.9 Å².